The molecule has 0 aliphatic carbocycles. The number of amides is 4. The predicted octanol–water partition coefficient (Wildman–Crippen LogP) is 3.50. The molecule has 0 heterocycles. The number of nitrogens with zero attached hydrogens (tertiary/aromatic N) is 1. The normalized spacial score (nSPS) is 14.0. The maximum absolute atomic E-state index is 13.7. The summed E-state index contributed by atoms with van der Waals surface area (Å²) in [5.74, 6) is -3.56. The zero-order chi connectivity index (χ0) is 33.0. The summed E-state index contributed by atoms with van der Waals surface area (Å²) in [4.78, 5) is 54.1. The fraction of sp³-hybridized carbons (Fsp3) is 0.529. The Morgan fingerprint density at radius 2 is 1.48 bits per heavy atom. The van der Waals surface area contributed by atoms with Crippen LogP contribution in [-0.4, -0.2) is 70.1 Å². The predicted molar refractivity (Wildman–Crippen MR) is 171 cm³/mol. The van der Waals surface area contributed by atoms with Crippen LogP contribution in [0, 0.1) is 17.8 Å². The molecule has 4 atom stereocenters. The maximum Gasteiger partial charge on any atom is 0.253 e. The molecule has 2 rings (SSSR count). The Morgan fingerprint density at radius 3 is 2.00 bits per heavy atom. The summed E-state index contributed by atoms with van der Waals surface area (Å²) in [6.07, 6.45) is -1.22. The van der Waals surface area contributed by atoms with E-state index in [0.717, 1.165) is 18.4 Å². The smallest absolute Gasteiger partial charge is 0.253 e. The highest BCUT2D eigenvalue weighted by Crippen LogP contribution is 2.24. The van der Waals surface area contributed by atoms with Gasteiger partial charge in [0.1, 0.15) is 6.10 Å². The van der Waals surface area contributed by atoms with E-state index < -0.39 is 41.9 Å². The first-order valence-corrected chi connectivity index (χ1v) is 15.5. The molecule has 10 heteroatoms. The molecule has 2 aromatic carbocycles. The highest BCUT2D eigenvalue weighted by molar-refractivity contribution is 6.08. The van der Waals surface area contributed by atoms with E-state index in [9.17, 15) is 29.4 Å². The first kappa shape index (κ1) is 36.4. The fourth-order valence-electron chi connectivity index (χ4n) is 5.36. The van der Waals surface area contributed by atoms with Gasteiger partial charge in [-0.3, -0.25) is 19.2 Å². The molecule has 2 aromatic rings. The van der Waals surface area contributed by atoms with Gasteiger partial charge in [0.15, 0.2) is 0 Å². The second-order valence-corrected chi connectivity index (χ2v) is 12.1. The van der Waals surface area contributed by atoms with Crippen LogP contribution < -0.4 is 16.4 Å². The zero-order valence-corrected chi connectivity index (χ0v) is 26.9. The van der Waals surface area contributed by atoms with Crippen molar-refractivity contribution in [2.75, 3.05) is 13.1 Å². The van der Waals surface area contributed by atoms with Gasteiger partial charge in [-0.1, -0.05) is 71.9 Å². The first-order chi connectivity index (χ1) is 20.8. The fourth-order valence-corrected chi connectivity index (χ4v) is 5.36. The van der Waals surface area contributed by atoms with Crippen molar-refractivity contribution in [1.82, 2.24) is 15.5 Å². The molecule has 10 nitrogen and oxygen atoms in total. The summed E-state index contributed by atoms with van der Waals surface area (Å²) < 4.78 is 0. The summed E-state index contributed by atoms with van der Waals surface area (Å²) in [5.41, 5.74) is 6.53. The van der Waals surface area contributed by atoms with E-state index in [1.807, 2.05) is 58.0 Å². The van der Waals surface area contributed by atoms with E-state index in [1.165, 1.54) is 18.2 Å². The summed E-state index contributed by atoms with van der Waals surface area (Å²) in [6, 6.07) is 12.5. The average Bonchev–Trinajstić information content (AvgIpc) is 2.98. The van der Waals surface area contributed by atoms with E-state index in [1.54, 1.807) is 18.7 Å². The topological polar surface area (TPSA) is 162 Å². The summed E-state index contributed by atoms with van der Waals surface area (Å²) in [7, 11) is 0. The van der Waals surface area contributed by atoms with Crippen LogP contribution in [-0.2, 0) is 11.3 Å². The van der Waals surface area contributed by atoms with Gasteiger partial charge in [-0.2, -0.15) is 0 Å². The van der Waals surface area contributed by atoms with Crippen LogP contribution in [0.4, 0.5) is 0 Å². The maximum atomic E-state index is 13.7. The van der Waals surface area contributed by atoms with E-state index >= 15 is 0 Å². The highest BCUT2D eigenvalue weighted by Gasteiger charge is 2.39. The first-order valence-electron chi connectivity index (χ1n) is 15.5. The quantitative estimate of drug-likeness (QED) is 0.184. The summed E-state index contributed by atoms with van der Waals surface area (Å²) >= 11 is 0. The number of hydrogen-bond acceptors (Lipinski definition) is 6. The lowest BCUT2D eigenvalue weighted by molar-refractivity contribution is -0.136. The molecule has 4 amide bonds. The minimum atomic E-state index is -1.51. The molecule has 0 saturated carbocycles. The molecule has 0 fully saturated rings. The van der Waals surface area contributed by atoms with Gasteiger partial charge in [-0.25, -0.2) is 0 Å². The Morgan fingerprint density at radius 1 is 0.864 bits per heavy atom. The third kappa shape index (κ3) is 10.2. The van der Waals surface area contributed by atoms with E-state index in [4.69, 9.17) is 5.73 Å². The number of carbonyl (C=O) groups excluding carboxylic acids is 4. The van der Waals surface area contributed by atoms with Crippen LogP contribution in [0.5, 0.6) is 0 Å². The van der Waals surface area contributed by atoms with E-state index in [2.05, 4.69) is 10.6 Å². The highest BCUT2D eigenvalue weighted by atomic mass is 16.3. The molecule has 242 valence electrons. The van der Waals surface area contributed by atoms with Crippen LogP contribution in [0.3, 0.4) is 0 Å². The van der Waals surface area contributed by atoms with Crippen molar-refractivity contribution in [2.45, 2.75) is 85.6 Å². The van der Waals surface area contributed by atoms with Gasteiger partial charge < -0.3 is 31.5 Å². The van der Waals surface area contributed by atoms with Gasteiger partial charge in [0, 0.05) is 25.2 Å². The SMILES string of the molecule is CCCN(CCC)C(=O)c1ccc(C(N)=O)c(C(=O)N[C@@H](CC(C)C)[C@@H](O)[C@H](O)[C@H](C(=O)NCc2ccccc2)C(C)C)c1. The molecular weight excluding hydrogens is 560 g/mol. The molecule has 0 radical (unpaired) electrons. The zero-order valence-electron chi connectivity index (χ0n) is 26.9. The standard InChI is InChI=1S/C34H50N4O6/c1-7-16-38(17-8-2)34(44)24-14-15-25(31(35)41)26(19-24)32(42)37-27(18-21(3)4)29(39)30(40)28(22(5)6)33(43)36-20-23-12-10-9-11-13-23/h9-15,19,21-22,27-30,39-40H,7-8,16-18,20H2,1-6H3,(H2,35,41)(H,36,43)(H,37,42)/t27-,28+,29+,30+/m0/s1. The largest absolute Gasteiger partial charge is 0.390 e. The van der Waals surface area contributed by atoms with Crippen LogP contribution >= 0.6 is 0 Å². The lowest BCUT2D eigenvalue weighted by atomic mass is 9.83. The van der Waals surface area contributed by atoms with Crippen molar-refractivity contribution in [1.29, 1.82) is 0 Å². The molecule has 0 saturated heterocycles. The van der Waals surface area contributed by atoms with Gasteiger partial charge in [0.05, 0.1) is 29.2 Å². The number of aliphatic hydroxyl groups excluding tert-OH is 2. The van der Waals surface area contributed by atoms with Crippen molar-refractivity contribution in [3.63, 3.8) is 0 Å². The number of carbonyl (C=O) groups is 4. The monoisotopic (exact) mass is 610 g/mol. The number of rotatable bonds is 17. The number of hydrogen-bond donors (Lipinski definition) is 5. The number of benzene rings is 2. The lowest BCUT2D eigenvalue weighted by Crippen LogP contribution is -2.54. The molecule has 0 unspecified atom stereocenters. The van der Waals surface area contributed by atoms with Crippen molar-refractivity contribution in [3.05, 3.63) is 70.8 Å². The van der Waals surface area contributed by atoms with Gasteiger partial charge in [-0.05, 0) is 54.9 Å². The molecule has 0 spiro atoms. The molecule has 0 aliphatic rings. The Bertz CT molecular complexity index is 1240. The second kappa shape index (κ2) is 17.5. The van der Waals surface area contributed by atoms with Crippen molar-refractivity contribution < 1.29 is 29.4 Å². The molecule has 6 N–H and O–H groups in total. The molecular formula is C34H50N4O6. The molecule has 44 heavy (non-hydrogen) atoms. The van der Waals surface area contributed by atoms with Gasteiger partial charge in [-0.15, -0.1) is 0 Å². The van der Waals surface area contributed by atoms with Crippen molar-refractivity contribution >= 4 is 23.6 Å². The summed E-state index contributed by atoms with van der Waals surface area (Å²) in [5, 5.41) is 28.3. The Balaban J connectivity index is 2.35. The minimum Gasteiger partial charge on any atom is -0.390 e. The molecule has 0 aliphatic heterocycles. The van der Waals surface area contributed by atoms with Crippen LogP contribution in [0.1, 0.15) is 97.4 Å². The van der Waals surface area contributed by atoms with Gasteiger partial charge >= 0.3 is 0 Å². The number of primary amides is 1. The Kier molecular flexibility index (Phi) is 14.5. The molecule has 0 bridgehead atoms. The minimum absolute atomic E-state index is 0.00766. The number of aliphatic hydroxyl groups is 2. The van der Waals surface area contributed by atoms with Gasteiger partial charge in [0.25, 0.3) is 11.8 Å². The van der Waals surface area contributed by atoms with Crippen LogP contribution in [0.2, 0.25) is 0 Å². The van der Waals surface area contributed by atoms with Gasteiger partial charge in [0.2, 0.25) is 11.8 Å². The lowest BCUT2D eigenvalue weighted by Gasteiger charge is -2.34. The van der Waals surface area contributed by atoms with Crippen molar-refractivity contribution in [3.8, 4) is 0 Å². The second-order valence-electron chi connectivity index (χ2n) is 12.1. The Labute approximate surface area is 261 Å². The van der Waals surface area contributed by atoms with Crippen LogP contribution in [0.25, 0.3) is 0 Å². The Hall–Kier alpha value is -3.76. The number of nitrogens with one attached hydrogen (secondary N) is 2. The summed E-state index contributed by atoms with van der Waals surface area (Å²) in [6.45, 7) is 12.6. The molecule has 0 aromatic heterocycles. The third-order valence-electron chi connectivity index (χ3n) is 7.55. The average molecular weight is 611 g/mol. The third-order valence-corrected chi connectivity index (χ3v) is 7.55. The number of nitrogens with two attached hydrogens (primary N) is 1. The van der Waals surface area contributed by atoms with Crippen LogP contribution in [0.15, 0.2) is 48.5 Å². The van der Waals surface area contributed by atoms with E-state index in [-0.39, 0.29) is 47.4 Å². The van der Waals surface area contributed by atoms with E-state index in [0.29, 0.717) is 13.1 Å². The van der Waals surface area contributed by atoms with Crippen molar-refractivity contribution in [2.24, 2.45) is 23.5 Å².